The fourth-order valence-corrected chi connectivity index (χ4v) is 2.19. The van der Waals surface area contributed by atoms with Crippen molar-refractivity contribution in [2.24, 2.45) is 0 Å². The molecule has 0 unspecified atom stereocenters. The zero-order chi connectivity index (χ0) is 11.0. The fourth-order valence-electron chi connectivity index (χ4n) is 1.47. The molecule has 0 aliphatic rings. The van der Waals surface area contributed by atoms with Gasteiger partial charge in [-0.25, -0.2) is 9.97 Å². The van der Waals surface area contributed by atoms with Gasteiger partial charge in [-0.3, -0.25) is 0 Å². The summed E-state index contributed by atoms with van der Waals surface area (Å²) in [5, 5.41) is 9.10. The van der Waals surface area contributed by atoms with Gasteiger partial charge in [0.2, 0.25) is 5.65 Å². The molecule has 0 spiro atoms. The van der Waals surface area contributed by atoms with Crippen LogP contribution < -0.4 is 0 Å². The third kappa shape index (κ3) is 1.55. The molecule has 3 aromatic rings. The van der Waals surface area contributed by atoms with E-state index in [1.54, 1.807) is 0 Å². The van der Waals surface area contributed by atoms with Gasteiger partial charge in [-0.05, 0) is 6.92 Å². The van der Waals surface area contributed by atoms with Gasteiger partial charge >= 0.3 is 0 Å². The van der Waals surface area contributed by atoms with E-state index in [4.69, 9.17) is 0 Å². The molecule has 0 saturated heterocycles. The SMILES string of the molecule is Cc1nc2nnc(-c3ccccc3)nc2s1. The number of aryl methyl sites for hydroxylation is 1. The summed E-state index contributed by atoms with van der Waals surface area (Å²) in [6.45, 7) is 1.94. The highest BCUT2D eigenvalue weighted by Gasteiger charge is 2.07. The molecule has 3 rings (SSSR count). The molecule has 2 aromatic heterocycles. The third-order valence-corrected chi connectivity index (χ3v) is 3.03. The molecule has 78 valence electrons. The molecule has 0 aliphatic carbocycles. The van der Waals surface area contributed by atoms with Crippen molar-refractivity contribution in [1.82, 2.24) is 20.2 Å². The van der Waals surface area contributed by atoms with Crippen LogP contribution in [-0.4, -0.2) is 20.2 Å². The van der Waals surface area contributed by atoms with E-state index in [1.165, 1.54) is 11.3 Å². The lowest BCUT2D eigenvalue weighted by Gasteiger charge is -1.96. The number of fused-ring (bicyclic) bond motifs is 1. The van der Waals surface area contributed by atoms with Crippen molar-refractivity contribution in [3.63, 3.8) is 0 Å². The summed E-state index contributed by atoms with van der Waals surface area (Å²) in [5.74, 6) is 0.650. The molecule has 0 fully saturated rings. The Kier molecular flexibility index (Phi) is 2.11. The van der Waals surface area contributed by atoms with Crippen LogP contribution in [0.15, 0.2) is 30.3 Å². The topological polar surface area (TPSA) is 51.6 Å². The first kappa shape index (κ1) is 9.35. The molecule has 2 heterocycles. The number of thiazole rings is 1. The van der Waals surface area contributed by atoms with Crippen molar-refractivity contribution in [3.05, 3.63) is 35.3 Å². The molecule has 0 radical (unpaired) electrons. The smallest absolute Gasteiger partial charge is 0.211 e. The van der Waals surface area contributed by atoms with E-state index in [0.29, 0.717) is 11.5 Å². The second-order valence-electron chi connectivity index (χ2n) is 3.36. The van der Waals surface area contributed by atoms with Gasteiger partial charge in [0.25, 0.3) is 0 Å². The lowest BCUT2D eigenvalue weighted by molar-refractivity contribution is 1.02. The first-order valence-corrected chi connectivity index (χ1v) is 5.68. The van der Waals surface area contributed by atoms with Gasteiger partial charge in [-0.2, -0.15) is 0 Å². The molecule has 0 atom stereocenters. The van der Waals surface area contributed by atoms with E-state index in [1.807, 2.05) is 37.3 Å². The summed E-state index contributed by atoms with van der Waals surface area (Å²) in [4.78, 5) is 9.52. The Labute approximate surface area is 96.0 Å². The van der Waals surface area contributed by atoms with Crippen LogP contribution in [0.5, 0.6) is 0 Å². The van der Waals surface area contributed by atoms with Gasteiger partial charge in [0.1, 0.15) is 0 Å². The quantitative estimate of drug-likeness (QED) is 0.642. The van der Waals surface area contributed by atoms with Gasteiger partial charge in [-0.15, -0.1) is 10.2 Å². The Bertz CT molecular complexity index is 633. The molecule has 0 amide bonds. The molecular weight excluding hydrogens is 220 g/mol. The van der Waals surface area contributed by atoms with Gasteiger partial charge in [0, 0.05) is 5.56 Å². The Morgan fingerprint density at radius 2 is 1.81 bits per heavy atom. The highest BCUT2D eigenvalue weighted by Crippen LogP contribution is 2.20. The second kappa shape index (κ2) is 3.61. The van der Waals surface area contributed by atoms with E-state index < -0.39 is 0 Å². The molecule has 0 N–H and O–H groups in total. The molecule has 16 heavy (non-hydrogen) atoms. The Morgan fingerprint density at radius 3 is 2.62 bits per heavy atom. The van der Waals surface area contributed by atoms with E-state index >= 15 is 0 Å². The Morgan fingerprint density at radius 1 is 1.00 bits per heavy atom. The lowest BCUT2D eigenvalue weighted by Crippen LogP contribution is -1.92. The van der Waals surface area contributed by atoms with E-state index in [0.717, 1.165) is 15.4 Å². The van der Waals surface area contributed by atoms with Crippen molar-refractivity contribution in [3.8, 4) is 11.4 Å². The summed E-state index contributed by atoms with van der Waals surface area (Å²) in [5.41, 5.74) is 1.60. The highest BCUT2D eigenvalue weighted by molar-refractivity contribution is 7.18. The maximum Gasteiger partial charge on any atom is 0.211 e. The Hall–Kier alpha value is -1.88. The molecule has 5 heteroatoms. The summed E-state index contributed by atoms with van der Waals surface area (Å²) in [6.07, 6.45) is 0. The van der Waals surface area contributed by atoms with Gasteiger partial charge < -0.3 is 0 Å². The number of hydrogen-bond acceptors (Lipinski definition) is 5. The van der Waals surface area contributed by atoms with Crippen molar-refractivity contribution in [1.29, 1.82) is 0 Å². The first-order chi connectivity index (χ1) is 7.83. The number of hydrogen-bond donors (Lipinski definition) is 0. The number of aromatic nitrogens is 4. The van der Waals surface area contributed by atoms with Gasteiger partial charge in [0.05, 0.1) is 5.01 Å². The largest absolute Gasteiger partial charge is 0.219 e. The highest BCUT2D eigenvalue weighted by atomic mass is 32.1. The minimum absolute atomic E-state index is 0.627. The maximum atomic E-state index is 4.45. The fraction of sp³-hybridized carbons (Fsp3) is 0.0909. The van der Waals surface area contributed by atoms with Crippen LogP contribution in [0.25, 0.3) is 21.9 Å². The monoisotopic (exact) mass is 228 g/mol. The molecule has 0 aliphatic heterocycles. The van der Waals surface area contributed by atoms with Crippen LogP contribution in [0.3, 0.4) is 0 Å². The number of benzene rings is 1. The number of nitrogens with zero attached hydrogens (tertiary/aromatic N) is 4. The normalized spacial score (nSPS) is 10.8. The van der Waals surface area contributed by atoms with Crippen LogP contribution in [0.4, 0.5) is 0 Å². The predicted octanol–water partition coefficient (Wildman–Crippen LogP) is 2.46. The molecular formula is C11H8N4S. The van der Waals surface area contributed by atoms with E-state index in [9.17, 15) is 0 Å². The van der Waals surface area contributed by atoms with Crippen molar-refractivity contribution < 1.29 is 0 Å². The minimum Gasteiger partial charge on any atom is -0.219 e. The minimum atomic E-state index is 0.627. The molecule has 0 bridgehead atoms. The van der Waals surface area contributed by atoms with Crippen LogP contribution in [-0.2, 0) is 0 Å². The van der Waals surface area contributed by atoms with Crippen LogP contribution >= 0.6 is 11.3 Å². The van der Waals surface area contributed by atoms with Crippen LogP contribution in [0.2, 0.25) is 0 Å². The van der Waals surface area contributed by atoms with Crippen molar-refractivity contribution >= 4 is 21.8 Å². The molecule has 0 saturated carbocycles. The lowest BCUT2D eigenvalue weighted by atomic mass is 10.2. The zero-order valence-electron chi connectivity index (χ0n) is 8.58. The zero-order valence-corrected chi connectivity index (χ0v) is 9.40. The summed E-state index contributed by atoms with van der Waals surface area (Å²) in [7, 11) is 0. The van der Waals surface area contributed by atoms with Gasteiger partial charge in [-0.1, -0.05) is 41.7 Å². The standard InChI is InChI=1S/C11H8N4S/c1-7-12-10-11(16-7)13-9(14-15-10)8-5-3-2-4-6-8/h2-6H,1H3. The second-order valence-corrected chi connectivity index (χ2v) is 4.54. The number of rotatable bonds is 1. The van der Waals surface area contributed by atoms with E-state index in [-0.39, 0.29) is 0 Å². The van der Waals surface area contributed by atoms with Crippen molar-refractivity contribution in [2.75, 3.05) is 0 Å². The summed E-state index contributed by atoms with van der Waals surface area (Å²) < 4.78 is 0. The third-order valence-electron chi connectivity index (χ3n) is 2.18. The van der Waals surface area contributed by atoms with E-state index in [2.05, 4.69) is 20.2 Å². The van der Waals surface area contributed by atoms with Crippen LogP contribution in [0, 0.1) is 6.92 Å². The van der Waals surface area contributed by atoms with Crippen LogP contribution in [0.1, 0.15) is 5.01 Å². The predicted molar refractivity (Wildman–Crippen MR) is 63.2 cm³/mol. The maximum absolute atomic E-state index is 4.45. The Balaban J connectivity index is 2.18. The first-order valence-electron chi connectivity index (χ1n) is 4.86. The average molecular weight is 228 g/mol. The van der Waals surface area contributed by atoms with Gasteiger partial charge in [0.15, 0.2) is 10.7 Å². The molecule has 1 aromatic carbocycles. The van der Waals surface area contributed by atoms with Crippen molar-refractivity contribution in [2.45, 2.75) is 6.92 Å². The summed E-state index contributed by atoms with van der Waals surface area (Å²) >= 11 is 1.54. The molecule has 4 nitrogen and oxygen atoms in total. The average Bonchev–Trinajstić information content (AvgIpc) is 2.69. The summed E-state index contributed by atoms with van der Waals surface area (Å²) in [6, 6.07) is 9.82.